The summed E-state index contributed by atoms with van der Waals surface area (Å²) in [4.78, 5) is 2.25. The molecule has 0 spiro atoms. The fourth-order valence-electron chi connectivity index (χ4n) is 2.96. The quantitative estimate of drug-likeness (QED) is 0.853. The molecule has 1 fully saturated rings. The van der Waals surface area contributed by atoms with Crippen LogP contribution in [0.3, 0.4) is 0 Å². The molecule has 0 saturated carbocycles. The minimum absolute atomic E-state index is 0.289. The molecule has 1 aromatic carbocycles. The van der Waals surface area contributed by atoms with Gasteiger partial charge in [0, 0.05) is 25.2 Å². The molecule has 1 aliphatic rings. The molecule has 2 unspecified atom stereocenters. The summed E-state index contributed by atoms with van der Waals surface area (Å²) in [5.74, 6) is 1.16. The fraction of sp³-hybridized carbons (Fsp3) is 0.600. The van der Waals surface area contributed by atoms with Gasteiger partial charge in [-0.3, -0.25) is 0 Å². The van der Waals surface area contributed by atoms with Gasteiger partial charge in [0.15, 0.2) is 11.6 Å². The molecule has 19 heavy (non-hydrogen) atoms. The van der Waals surface area contributed by atoms with E-state index in [1.54, 1.807) is 6.07 Å². The second-order valence-electron chi connectivity index (χ2n) is 5.63. The Morgan fingerprint density at radius 1 is 1.32 bits per heavy atom. The molecule has 1 aliphatic heterocycles. The number of benzene rings is 1. The predicted octanol–water partition coefficient (Wildman–Crippen LogP) is 3.29. The summed E-state index contributed by atoms with van der Waals surface area (Å²) in [5.41, 5.74) is 7.35. The number of nitrogens with zero attached hydrogens (tertiary/aromatic N) is 1. The third-order valence-corrected chi connectivity index (χ3v) is 3.59. The highest BCUT2D eigenvalue weighted by atomic mass is 19.1. The van der Waals surface area contributed by atoms with Gasteiger partial charge in [0.25, 0.3) is 0 Å². The van der Waals surface area contributed by atoms with Crippen LogP contribution < -0.4 is 15.4 Å². The molecule has 0 aliphatic carbocycles. The molecule has 1 heterocycles. The number of hydrogen-bond acceptors (Lipinski definition) is 3. The monoisotopic (exact) mass is 266 g/mol. The molecule has 0 aromatic heterocycles. The Labute approximate surface area is 114 Å². The molecule has 1 aromatic rings. The summed E-state index contributed by atoms with van der Waals surface area (Å²) in [7, 11) is 0. The minimum Gasteiger partial charge on any atom is -0.491 e. The van der Waals surface area contributed by atoms with Crippen molar-refractivity contribution in [2.45, 2.75) is 27.2 Å². The lowest BCUT2D eigenvalue weighted by atomic mass is 9.91. The fourth-order valence-corrected chi connectivity index (χ4v) is 2.96. The number of ether oxygens (including phenoxy) is 1. The second kappa shape index (κ2) is 5.68. The summed E-state index contributed by atoms with van der Waals surface area (Å²) >= 11 is 0. The average Bonchev–Trinajstić information content (AvgIpc) is 2.31. The summed E-state index contributed by atoms with van der Waals surface area (Å²) in [5, 5.41) is 0. The van der Waals surface area contributed by atoms with Crippen LogP contribution in [0.5, 0.6) is 5.75 Å². The standard InChI is InChI=1S/C15H23FN2O/c1-4-19-15-7-14(13(17)6-12(15)16)18-8-10(2)5-11(3)9-18/h6-7,10-11H,4-5,8-9,17H2,1-3H3. The van der Waals surface area contributed by atoms with Crippen molar-refractivity contribution in [2.75, 3.05) is 30.3 Å². The summed E-state index contributed by atoms with van der Waals surface area (Å²) in [6.45, 7) is 8.71. The van der Waals surface area contributed by atoms with Gasteiger partial charge >= 0.3 is 0 Å². The molecule has 3 nitrogen and oxygen atoms in total. The van der Waals surface area contributed by atoms with Crippen LogP contribution in [0.4, 0.5) is 15.8 Å². The van der Waals surface area contributed by atoms with E-state index in [0.717, 1.165) is 18.8 Å². The van der Waals surface area contributed by atoms with Crippen LogP contribution in [0, 0.1) is 17.7 Å². The maximum absolute atomic E-state index is 13.7. The zero-order valence-corrected chi connectivity index (χ0v) is 11.9. The van der Waals surface area contributed by atoms with Gasteiger partial charge in [0.05, 0.1) is 18.0 Å². The molecule has 0 amide bonds. The molecule has 2 atom stereocenters. The first-order chi connectivity index (χ1) is 9.01. The lowest BCUT2D eigenvalue weighted by Crippen LogP contribution is -2.39. The van der Waals surface area contributed by atoms with Gasteiger partial charge in [-0.25, -0.2) is 4.39 Å². The van der Waals surface area contributed by atoms with Crippen molar-refractivity contribution < 1.29 is 9.13 Å². The summed E-state index contributed by atoms with van der Waals surface area (Å²) in [6, 6.07) is 3.10. The normalized spacial score (nSPS) is 23.5. The van der Waals surface area contributed by atoms with Crippen LogP contribution in [-0.2, 0) is 0 Å². The average molecular weight is 266 g/mol. The molecular formula is C15H23FN2O. The van der Waals surface area contributed by atoms with Crippen molar-refractivity contribution in [2.24, 2.45) is 11.8 Å². The SMILES string of the molecule is CCOc1cc(N2CC(C)CC(C)C2)c(N)cc1F. The third-order valence-electron chi connectivity index (χ3n) is 3.59. The Morgan fingerprint density at radius 2 is 1.95 bits per heavy atom. The van der Waals surface area contributed by atoms with Crippen molar-refractivity contribution in [3.05, 3.63) is 17.9 Å². The van der Waals surface area contributed by atoms with Crippen LogP contribution >= 0.6 is 0 Å². The number of nitrogen functional groups attached to an aromatic ring is 1. The van der Waals surface area contributed by atoms with E-state index in [4.69, 9.17) is 10.5 Å². The number of hydrogen-bond donors (Lipinski definition) is 1. The summed E-state index contributed by atoms with van der Waals surface area (Å²) in [6.07, 6.45) is 1.23. The van der Waals surface area contributed by atoms with Gasteiger partial charge in [-0.2, -0.15) is 0 Å². The lowest BCUT2D eigenvalue weighted by molar-refractivity contribution is 0.321. The van der Waals surface area contributed by atoms with Crippen molar-refractivity contribution in [3.8, 4) is 5.75 Å². The predicted molar refractivity (Wildman–Crippen MR) is 77.1 cm³/mol. The maximum Gasteiger partial charge on any atom is 0.167 e. The third kappa shape index (κ3) is 3.11. The van der Waals surface area contributed by atoms with Gasteiger partial charge in [-0.05, 0) is 25.2 Å². The van der Waals surface area contributed by atoms with E-state index >= 15 is 0 Å². The molecule has 4 heteroatoms. The Balaban J connectivity index is 2.30. The van der Waals surface area contributed by atoms with E-state index in [-0.39, 0.29) is 11.6 Å². The number of anilines is 2. The van der Waals surface area contributed by atoms with Crippen molar-refractivity contribution in [1.29, 1.82) is 0 Å². The molecule has 2 rings (SSSR count). The number of rotatable bonds is 3. The van der Waals surface area contributed by atoms with Crippen LogP contribution in [0.1, 0.15) is 27.2 Å². The van der Waals surface area contributed by atoms with E-state index in [2.05, 4.69) is 18.7 Å². The van der Waals surface area contributed by atoms with E-state index in [1.165, 1.54) is 12.5 Å². The Kier molecular flexibility index (Phi) is 4.17. The van der Waals surface area contributed by atoms with Crippen molar-refractivity contribution >= 4 is 11.4 Å². The highest BCUT2D eigenvalue weighted by Gasteiger charge is 2.24. The van der Waals surface area contributed by atoms with Crippen molar-refractivity contribution in [1.82, 2.24) is 0 Å². The highest BCUT2D eigenvalue weighted by Crippen LogP contribution is 2.34. The van der Waals surface area contributed by atoms with Gasteiger partial charge < -0.3 is 15.4 Å². The van der Waals surface area contributed by atoms with Gasteiger partial charge in [0.2, 0.25) is 0 Å². The molecule has 106 valence electrons. The number of piperidine rings is 1. The first-order valence-corrected chi connectivity index (χ1v) is 6.98. The van der Waals surface area contributed by atoms with Crippen LogP contribution in [0.25, 0.3) is 0 Å². The first-order valence-electron chi connectivity index (χ1n) is 6.98. The van der Waals surface area contributed by atoms with E-state index in [0.29, 0.717) is 24.1 Å². The Hall–Kier alpha value is -1.45. The largest absolute Gasteiger partial charge is 0.491 e. The zero-order valence-electron chi connectivity index (χ0n) is 11.9. The zero-order chi connectivity index (χ0) is 14.0. The minimum atomic E-state index is -0.388. The second-order valence-corrected chi connectivity index (χ2v) is 5.63. The maximum atomic E-state index is 13.7. The van der Waals surface area contributed by atoms with Gasteiger partial charge in [-0.15, -0.1) is 0 Å². The molecule has 2 N–H and O–H groups in total. The lowest BCUT2D eigenvalue weighted by Gasteiger charge is -2.37. The van der Waals surface area contributed by atoms with Gasteiger partial charge in [-0.1, -0.05) is 13.8 Å². The number of halogens is 1. The summed E-state index contributed by atoms with van der Waals surface area (Å²) < 4.78 is 19.0. The molecular weight excluding hydrogens is 243 g/mol. The van der Waals surface area contributed by atoms with Crippen LogP contribution in [0.2, 0.25) is 0 Å². The smallest absolute Gasteiger partial charge is 0.167 e. The topological polar surface area (TPSA) is 38.5 Å². The molecule has 1 saturated heterocycles. The van der Waals surface area contributed by atoms with E-state index in [9.17, 15) is 4.39 Å². The van der Waals surface area contributed by atoms with E-state index in [1.807, 2.05) is 6.92 Å². The Bertz CT molecular complexity index is 440. The molecule has 0 bridgehead atoms. The van der Waals surface area contributed by atoms with Crippen LogP contribution in [0.15, 0.2) is 12.1 Å². The van der Waals surface area contributed by atoms with Gasteiger partial charge in [0.1, 0.15) is 0 Å². The molecule has 0 radical (unpaired) electrons. The highest BCUT2D eigenvalue weighted by molar-refractivity contribution is 5.70. The van der Waals surface area contributed by atoms with Crippen LogP contribution in [-0.4, -0.2) is 19.7 Å². The number of nitrogens with two attached hydrogens (primary N) is 1. The first kappa shape index (κ1) is 14.0. The van der Waals surface area contributed by atoms with Crippen molar-refractivity contribution in [3.63, 3.8) is 0 Å². The Morgan fingerprint density at radius 3 is 2.53 bits per heavy atom. The van der Waals surface area contributed by atoms with E-state index < -0.39 is 0 Å².